The van der Waals surface area contributed by atoms with Crippen LogP contribution in [0.25, 0.3) is 0 Å². The van der Waals surface area contributed by atoms with Crippen LogP contribution in [-0.4, -0.2) is 30.4 Å². The van der Waals surface area contributed by atoms with Crippen molar-refractivity contribution in [2.75, 3.05) is 13.7 Å². The van der Waals surface area contributed by atoms with Gasteiger partial charge in [0.15, 0.2) is 0 Å². The van der Waals surface area contributed by atoms with Crippen molar-refractivity contribution in [1.29, 1.82) is 0 Å². The van der Waals surface area contributed by atoms with Gasteiger partial charge in [0.25, 0.3) is 0 Å². The molecule has 0 unspecified atom stereocenters. The molecular weight excluding hydrogens is 218 g/mol. The predicted molar refractivity (Wildman–Crippen MR) is 62.7 cm³/mol. The highest BCUT2D eigenvalue weighted by molar-refractivity contribution is 6.01. The standard InChI is InChI=1S/C13H15NO3/c1-17-11-4-2-3-10(9-11)7-8-14-12(15)5-6-13(14)16/h2-4,9H,5-8H2,1H3. The Morgan fingerprint density at radius 1 is 1.24 bits per heavy atom. The SMILES string of the molecule is COc1cccc(CCN2C(=O)CCC2=O)c1. The molecule has 2 rings (SSSR count). The molecule has 90 valence electrons. The molecule has 0 bridgehead atoms. The van der Waals surface area contributed by atoms with Crippen LogP contribution in [0.1, 0.15) is 18.4 Å². The second-order valence-corrected chi connectivity index (χ2v) is 4.04. The number of methoxy groups -OCH3 is 1. The number of hydrogen-bond donors (Lipinski definition) is 0. The first-order chi connectivity index (χ1) is 8.20. The van der Waals surface area contributed by atoms with E-state index in [9.17, 15) is 9.59 Å². The lowest BCUT2D eigenvalue weighted by Gasteiger charge is -2.13. The molecule has 0 aliphatic carbocycles. The van der Waals surface area contributed by atoms with Crippen molar-refractivity contribution in [1.82, 2.24) is 4.90 Å². The Morgan fingerprint density at radius 3 is 2.59 bits per heavy atom. The summed E-state index contributed by atoms with van der Waals surface area (Å²) >= 11 is 0. The minimum Gasteiger partial charge on any atom is -0.497 e. The van der Waals surface area contributed by atoms with E-state index in [4.69, 9.17) is 4.74 Å². The van der Waals surface area contributed by atoms with Gasteiger partial charge in [0.1, 0.15) is 5.75 Å². The van der Waals surface area contributed by atoms with Crippen LogP contribution in [0.2, 0.25) is 0 Å². The van der Waals surface area contributed by atoms with Crippen LogP contribution in [-0.2, 0) is 16.0 Å². The van der Waals surface area contributed by atoms with Crippen LogP contribution in [0.15, 0.2) is 24.3 Å². The van der Waals surface area contributed by atoms with Gasteiger partial charge in [-0.1, -0.05) is 12.1 Å². The molecule has 4 heteroatoms. The molecular formula is C13H15NO3. The van der Waals surface area contributed by atoms with Crippen molar-refractivity contribution in [3.63, 3.8) is 0 Å². The second kappa shape index (κ2) is 4.99. The Balaban J connectivity index is 1.97. The van der Waals surface area contributed by atoms with E-state index in [-0.39, 0.29) is 11.8 Å². The third-order valence-electron chi connectivity index (χ3n) is 2.91. The molecule has 1 aliphatic rings. The van der Waals surface area contributed by atoms with Gasteiger partial charge in [-0.05, 0) is 24.1 Å². The zero-order valence-corrected chi connectivity index (χ0v) is 9.81. The van der Waals surface area contributed by atoms with Crippen molar-refractivity contribution in [3.05, 3.63) is 29.8 Å². The van der Waals surface area contributed by atoms with E-state index in [1.165, 1.54) is 4.90 Å². The molecule has 1 aliphatic heterocycles. The Bertz CT molecular complexity index is 426. The van der Waals surface area contributed by atoms with Gasteiger partial charge in [-0.25, -0.2) is 0 Å². The molecule has 17 heavy (non-hydrogen) atoms. The average Bonchev–Trinajstić information content (AvgIpc) is 2.67. The molecule has 1 heterocycles. The van der Waals surface area contributed by atoms with Crippen molar-refractivity contribution in [2.45, 2.75) is 19.3 Å². The summed E-state index contributed by atoms with van der Waals surface area (Å²) in [6.07, 6.45) is 1.39. The molecule has 0 saturated carbocycles. The summed E-state index contributed by atoms with van der Waals surface area (Å²) < 4.78 is 5.12. The van der Waals surface area contributed by atoms with Crippen molar-refractivity contribution in [2.24, 2.45) is 0 Å². The van der Waals surface area contributed by atoms with Gasteiger partial charge < -0.3 is 4.74 Å². The molecule has 0 aromatic heterocycles. The van der Waals surface area contributed by atoms with E-state index in [1.54, 1.807) is 7.11 Å². The topological polar surface area (TPSA) is 46.6 Å². The first-order valence-corrected chi connectivity index (χ1v) is 5.67. The highest BCUT2D eigenvalue weighted by atomic mass is 16.5. The van der Waals surface area contributed by atoms with E-state index in [1.807, 2.05) is 24.3 Å². The number of likely N-dealkylation sites (tertiary alicyclic amines) is 1. The number of benzene rings is 1. The highest BCUT2D eigenvalue weighted by Crippen LogP contribution is 2.16. The maximum absolute atomic E-state index is 11.4. The third-order valence-corrected chi connectivity index (χ3v) is 2.91. The molecule has 2 amide bonds. The fourth-order valence-electron chi connectivity index (χ4n) is 1.94. The number of carbonyl (C=O) groups is 2. The molecule has 0 radical (unpaired) electrons. The van der Waals surface area contributed by atoms with Gasteiger partial charge in [-0.3, -0.25) is 14.5 Å². The predicted octanol–water partition coefficient (Wildman–Crippen LogP) is 1.39. The summed E-state index contributed by atoms with van der Waals surface area (Å²) in [5, 5.41) is 0. The number of nitrogens with zero attached hydrogens (tertiary/aromatic N) is 1. The first kappa shape index (κ1) is 11.6. The van der Waals surface area contributed by atoms with E-state index < -0.39 is 0 Å². The van der Waals surface area contributed by atoms with E-state index >= 15 is 0 Å². The van der Waals surface area contributed by atoms with Gasteiger partial charge in [0.05, 0.1) is 7.11 Å². The van der Waals surface area contributed by atoms with Gasteiger partial charge in [0, 0.05) is 19.4 Å². The van der Waals surface area contributed by atoms with Crippen molar-refractivity contribution in [3.8, 4) is 5.75 Å². The normalized spacial score (nSPS) is 15.5. The Hall–Kier alpha value is -1.84. The van der Waals surface area contributed by atoms with Crippen LogP contribution >= 0.6 is 0 Å². The maximum Gasteiger partial charge on any atom is 0.229 e. The lowest BCUT2D eigenvalue weighted by atomic mass is 10.1. The van der Waals surface area contributed by atoms with Crippen molar-refractivity contribution < 1.29 is 14.3 Å². The zero-order chi connectivity index (χ0) is 12.3. The van der Waals surface area contributed by atoms with Gasteiger partial charge in [-0.15, -0.1) is 0 Å². The van der Waals surface area contributed by atoms with Crippen LogP contribution in [0.5, 0.6) is 5.75 Å². The second-order valence-electron chi connectivity index (χ2n) is 4.04. The Kier molecular flexibility index (Phi) is 3.42. The first-order valence-electron chi connectivity index (χ1n) is 5.67. The number of hydrogen-bond acceptors (Lipinski definition) is 3. The fraction of sp³-hybridized carbons (Fsp3) is 0.385. The summed E-state index contributed by atoms with van der Waals surface area (Å²) in [6, 6.07) is 7.66. The maximum atomic E-state index is 11.4. The van der Waals surface area contributed by atoms with Crippen LogP contribution < -0.4 is 4.74 Å². The molecule has 1 saturated heterocycles. The minimum atomic E-state index is -0.0575. The zero-order valence-electron chi connectivity index (χ0n) is 9.81. The van der Waals surface area contributed by atoms with E-state index in [2.05, 4.69) is 0 Å². The van der Waals surface area contributed by atoms with Gasteiger partial charge in [0.2, 0.25) is 11.8 Å². The molecule has 1 aromatic rings. The molecule has 0 spiro atoms. The lowest BCUT2D eigenvalue weighted by molar-refractivity contribution is -0.138. The smallest absolute Gasteiger partial charge is 0.229 e. The molecule has 1 aromatic carbocycles. The number of ether oxygens (including phenoxy) is 1. The lowest BCUT2D eigenvalue weighted by Crippen LogP contribution is -2.31. The molecule has 0 N–H and O–H groups in total. The van der Waals surface area contributed by atoms with Gasteiger partial charge in [-0.2, -0.15) is 0 Å². The number of carbonyl (C=O) groups excluding carboxylic acids is 2. The molecule has 4 nitrogen and oxygen atoms in total. The quantitative estimate of drug-likeness (QED) is 0.738. The number of rotatable bonds is 4. The van der Waals surface area contributed by atoms with E-state index in [0.717, 1.165) is 11.3 Å². The van der Waals surface area contributed by atoms with Crippen LogP contribution in [0.4, 0.5) is 0 Å². The largest absolute Gasteiger partial charge is 0.497 e. The summed E-state index contributed by atoms with van der Waals surface area (Å²) in [5.41, 5.74) is 1.07. The van der Waals surface area contributed by atoms with E-state index in [0.29, 0.717) is 25.8 Å². The summed E-state index contributed by atoms with van der Waals surface area (Å²) in [7, 11) is 1.62. The number of amides is 2. The molecule has 0 atom stereocenters. The summed E-state index contributed by atoms with van der Waals surface area (Å²) in [4.78, 5) is 24.2. The summed E-state index contributed by atoms with van der Waals surface area (Å²) in [6.45, 7) is 0.463. The number of imide groups is 1. The van der Waals surface area contributed by atoms with Gasteiger partial charge >= 0.3 is 0 Å². The average molecular weight is 233 g/mol. The monoisotopic (exact) mass is 233 g/mol. The Morgan fingerprint density at radius 2 is 1.94 bits per heavy atom. The Labute approximate surface area is 100 Å². The molecule has 1 fully saturated rings. The summed E-state index contributed by atoms with van der Waals surface area (Å²) in [5.74, 6) is 0.678. The highest BCUT2D eigenvalue weighted by Gasteiger charge is 2.28. The van der Waals surface area contributed by atoms with Crippen LogP contribution in [0.3, 0.4) is 0 Å². The van der Waals surface area contributed by atoms with Crippen LogP contribution in [0, 0.1) is 0 Å². The van der Waals surface area contributed by atoms with Crippen molar-refractivity contribution >= 4 is 11.8 Å². The minimum absolute atomic E-state index is 0.0575. The fourth-order valence-corrected chi connectivity index (χ4v) is 1.94. The third kappa shape index (κ3) is 2.64.